The van der Waals surface area contributed by atoms with Crippen LogP contribution in [0, 0.1) is 11.3 Å². The Morgan fingerprint density at radius 1 is 1.29 bits per heavy atom. The Morgan fingerprint density at radius 2 is 2.12 bits per heavy atom. The second kappa shape index (κ2) is 8.44. The van der Waals surface area contributed by atoms with E-state index in [-0.39, 0.29) is 18.2 Å². The van der Waals surface area contributed by atoms with Crippen LogP contribution < -0.4 is 5.32 Å². The Labute approximate surface area is 140 Å². The first-order chi connectivity index (χ1) is 11.6. The molecule has 0 radical (unpaired) electrons. The zero-order chi connectivity index (χ0) is 17.4. The maximum absolute atomic E-state index is 12.0. The lowest BCUT2D eigenvalue weighted by Gasteiger charge is -2.20. The summed E-state index contributed by atoms with van der Waals surface area (Å²) in [5.74, 6) is -0.305. The van der Waals surface area contributed by atoms with Gasteiger partial charge in [-0.2, -0.15) is 5.26 Å². The summed E-state index contributed by atoms with van der Waals surface area (Å²) in [5.41, 5.74) is 1.96. The second-order valence-electron chi connectivity index (χ2n) is 5.29. The van der Waals surface area contributed by atoms with Crippen molar-refractivity contribution >= 4 is 17.5 Å². The number of aromatic nitrogens is 1. The summed E-state index contributed by atoms with van der Waals surface area (Å²) in [7, 11) is 0. The molecule has 24 heavy (non-hydrogen) atoms. The predicted octanol–water partition coefficient (Wildman–Crippen LogP) is 2.33. The lowest BCUT2D eigenvalue weighted by atomic mass is 10.2. The van der Waals surface area contributed by atoms with Crippen molar-refractivity contribution in [3.8, 4) is 6.07 Å². The summed E-state index contributed by atoms with van der Waals surface area (Å²) in [4.78, 5) is 29.4. The number of pyridine rings is 1. The highest BCUT2D eigenvalue weighted by molar-refractivity contribution is 5.91. The lowest BCUT2D eigenvalue weighted by molar-refractivity contribution is -0.129. The van der Waals surface area contributed by atoms with Crippen molar-refractivity contribution in [3.63, 3.8) is 0 Å². The molecular formula is C18H18N4O2. The minimum absolute atomic E-state index is 0.0990. The first-order valence-electron chi connectivity index (χ1n) is 7.53. The molecule has 122 valence electrons. The number of anilines is 1. The van der Waals surface area contributed by atoms with Crippen LogP contribution in [0.2, 0.25) is 0 Å². The fourth-order valence-corrected chi connectivity index (χ4v) is 2.19. The van der Waals surface area contributed by atoms with E-state index in [4.69, 9.17) is 5.26 Å². The number of amides is 2. The molecule has 0 spiro atoms. The molecule has 2 amide bonds. The van der Waals surface area contributed by atoms with Gasteiger partial charge in [-0.05, 0) is 29.8 Å². The number of benzene rings is 1. The molecule has 0 atom stereocenters. The van der Waals surface area contributed by atoms with Crippen molar-refractivity contribution in [2.75, 3.05) is 11.9 Å². The number of nitrogens with zero attached hydrogens (tertiary/aromatic N) is 3. The molecule has 0 aliphatic rings. The Kier molecular flexibility index (Phi) is 6.03. The second-order valence-corrected chi connectivity index (χ2v) is 5.29. The van der Waals surface area contributed by atoms with Gasteiger partial charge in [0.25, 0.3) is 0 Å². The van der Waals surface area contributed by atoms with Gasteiger partial charge in [-0.25, -0.2) is 0 Å². The van der Waals surface area contributed by atoms with Crippen LogP contribution in [0.4, 0.5) is 5.69 Å². The van der Waals surface area contributed by atoms with Gasteiger partial charge in [-0.3, -0.25) is 14.6 Å². The monoisotopic (exact) mass is 322 g/mol. The largest absolute Gasteiger partial charge is 0.338 e. The van der Waals surface area contributed by atoms with Gasteiger partial charge >= 0.3 is 0 Å². The molecule has 2 rings (SSSR count). The molecule has 0 fully saturated rings. The van der Waals surface area contributed by atoms with Crippen LogP contribution in [0.5, 0.6) is 0 Å². The Hall–Kier alpha value is -3.20. The Morgan fingerprint density at radius 3 is 2.79 bits per heavy atom. The summed E-state index contributed by atoms with van der Waals surface area (Å²) in [5, 5.41) is 11.6. The minimum atomic E-state index is -0.206. The van der Waals surface area contributed by atoms with Crippen LogP contribution in [0.3, 0.4) is 0 Å². The number of nitrogens with one attached hydrogen (secondary N) is 1. The zero-order valence-corrected chi connectivity index (χ0v) is 13.4. The van der Waals surface area contributed by atoms with Crippen LogP contribution >= 0.6 is 0 Å². The highest BCUT2D eigenvalue weighted by atomic mass is 16.2. The number of hydrogen-bond acceptors (Lipinski definition) is 4. The number of nitriles is 1. The van der Waals surface area contributed by atoms with Crippen molar-refractivity contribution in [3.05, 3.63) is 59.9 Å². The van der Waals surface area contributed by atoms with Gasteiger partial charge in [-0.1, -0.05) is 12.1 Å². The van der Waals surface area contributed by atoms with E-state index in [1.165, 1.54) is 6.92 Å². The molecule has 0 saturated heterocycles. The van der Waals surface area contributed by atoms with Gasteiger partial charge in [0, 0.05) is 44.5 Å². The third kappa shape index (κ3) is 5.21. The fraction of sp³-hybridized carbons (Fsp3) is 0.222. The molecule has 0 bridgehead atoms. The maximum Gasteiger partial charge on any atom is 0.226 e. The number of carbonyl (C=O) groups excluding carboxylic acids is 2. The fourth-order valence-electron chi connectivity index (χ4n) is 2.19. The molecule has 0 saturated carbocycles. The molecule has 0 aliphatic carbocycles. The zero-order valence-electron chi connectivity index (χ0n) is 13.4. The molecule has 1 N–H and O–H groups in total. The first-order valence-corrected chi connectivity index (χ1v) is 7.53. The number of rotatable bonds is 6. The van der Waals surface area contributed by atoms with Gasteiger partial charge in [0.05, 0.1) is 11.6 Å². The Bertz CT molecular complexity index is 753. The quantitative estimate of drug-likeness (QED) is 0.884. The van der Waals surface area contributed by atoms with Crippen molar-refractivity contribution in [1.29, 1.82) is 5.26 Å². The molecule has 1 aromatic heterocycles. The molecule has 6 nitrogen and oxygen atoms in total. The van der Waals surface area contributed by atoms with E-state index >= 15 is 0 Å². The highest BCUT2D eigenvalue weighted by Crippen LogP contribution is 2.10. The summed E-state index contributed by atoms with van der Waals surface area (Å²) in [6.45, 7) is 2.21. The van der Waals surface area contributed by atoms with Gasteiger partial charge in [0.1, 0.15) is 0 Å². The van der Waals surface area contributed by atoms with Crippen LogP contribution in [0.1, 0.15) is 24.5 Å². The number of carbonyl (C=O) groups is 2. The highest BCUT2D eigenvalue weighted by Gasteiger charge is 2.12. The van der Waals surface area contributed by atoms with Gasteiger partial charge in [-0.15, -0.1) is 0 Å². The Balaban J connectivity index is 1.90. The van der Waals surface area contributed by atoms with Crippen LogP contribution in [0.25, 0.3) is 0 Å². The van der Waals surface area contributed by atoms with Crippen LogP contribution in [-0.2, 0) is 16.1 Å². The standard InChI is InChI=1S/C18H18N4O2/c1-14(23)22(13-16-5-3-8-20-12-16)9-7-18(24)21-17-6-2-4-15(10-17)11-19/h2-6,8,10,12H,7,9,13H2,1H3,(H,21,24). The van der Waals surface area contributed by atoms with E-state index in [1.807, 2.05) is 18.2 Å². The molecule has 0 aliphatic heterocycles. The molecule has 1 heterocycles. The third-order valence-corrected chi connectivity index (χ3v) is 3.43. The van der Waals surface area contributed by atoms with E-state index in [2.05, 4.69) is 10.3 Å². The van der Waals surface area contributed by atoms with E-state index in [0.29, 0.717) is 24.3 Å². The predicted molar refractivity (Wildman–Crippen MR) is 89.7 cm³/mol. The van der Waals surface area contributed by atoms with Crippen molar-refractivity contribution in [2.45, 2.75) is 19.9 Å². The van der Waals surface area contributed by atoms with Gasteiger partial charge < -0.3 is 10.2 Å². The van der Waals surface area contributed by atoms with E-state index < -0.39 is 0 Å². The van der Waals surface area contributed by atoms with E-state index in [9.17, 15) is 9.59 Å². The molecule has 2 aromatic rings. The smallest absolute Gasteiger partial charge is 0.226 e. The van der Waals surface area contributed by atoms with E-state index in [0.717, 1.165) is 5.56 Å². The van der Waals surface area contributed by atoms with Crippen molar-refractivity contribution in [1.82, 2.24) is 9.88 Å². The maximum atomic E-state index is 12.0. The summed E-state index contributed by atoms with van der Waals surface area (Å²) < 4.78 is 0. The summed E-state index contributed by atoms with van der Waals surface area (Å²) in [6.07, 6.45) is 3.55. The van der Waals surface area contributed by atoms with Crippen molar-refractivity contribution < 1.29 is 9.59 Å². The minimum Gasteiger partial charge on any atom is -0.338 e. The first kappa shape index (κ1) is 17.2. The SMILES string of the molecule is CC(=O)N(CCC(=O)Nc1cccc(C#N)c1)Cc1cccnc1. The van der Waals surface area contributed by atoms with Crippen molar-refractivity contribution in [2.24, 2.45) is 0 Å². The molecular weight excluding hydrogens is 304 g/mol. The molecule has 0 unspecified atom stereocenters. The topological polar surface area (TPSA) is 86.1 Å². The van der Waals surface area contributed by atoms with E-state index in [1.54, 1.807) is 41.6 Å². The third-order valence-electron chi connectivity index (χ3n) is 3.43. The summed E-state index contributed by atoms with van der Waals surface area (Å²) >= 11 is 0. The van der Waals surface area contributed by atoms with Crippen LogP contribution in [0.15, 0.2) is 48.8 Å². The lowest BCUT2D eigenvalue weighted by Crippen LogP contribution is -2.31. The average molecular weight is 322 g/mol. The summed E-state index contributed by atoms with van der Waals surface area (Å²) in [6, 6.07) is 12.4. The number of hydrogen-bond donors (Lipinski definition) is 1. The van der Waals surface area contributed by atoms with Crippen LogP contribution in [-0.4, -0.2) is 28.2 Å². The average Bonchev–Trinajstić information content (AvgIpc) is 2.59. The molecule has 1 aromatic carbocycles. The normalized spacial score (nSPS) is 9.83. The molecule has 6 heteroatoms. The van der Waals surface area contributed by atoms with Gasteiger partial charge in [0.15, 0.2) is 0 Å². The van der Waals surface area contributed by atoms with Gasteiger partial charge in [0.2, 0.25) is 11.8 Å².